The molecule has 1 amide bonds. The van der Waals surface area contributed by atoms with E-state index in [0.29, 0.717) is 0 Å². The number of carbonyl (C=O) groups excluding carboxylic acids is 1. The Morgan fingerprint density at radius 3 is 2.55 bits per heavy atom. The molecule has 0 spiro atoms. The zero-order chi connectivity index (χ0) is 15.3. The van der Waals surface area contributed by atoms with Crippen molar-refractivity contribution in [3.05, 3.63) is 17.0 Å². The van der Waals surface area contributed by atoms with Gasteiger partial charge in [0.2, 0.25) is 5.91 Å². The van der Waals surface area contributed by atoms with Gasteiger partial charge in [-0.3, -0.25) is 14.3 Å². The van der Waals surface area contributed by atoms with Gasteiger partial charge in [0.1, 0.15) is 0 Å². The lowest BCUT2D eigenvalue weighted by molar-refractivity contribution is -0.140. The highest BCUT2D eigenvalue weighted by molar-refractivity contribution is 5.79. The third kappa shape index (κ3) is 4.34. The number of amides is 1. The van der Waals surface area contributed by atoms with E-state index in [1.807, 2.05) is 20.9 Å². The molecule has 0 bridgehead atoms. The fourth-order valence-electron chi connectivity index (χ4n) is 1.96. The minimum Gasteiger partial charge on any atom is -0.481 e. The normalized spacial score (nSPS) is 12.2. The number of ether oxygens (including phenoxy) is 1. The van der Waals surface area contributed by atoms with Crippen molar-refractivity contribution >= 4 is 11.9 Å². The number of nitrogens with zero attached hydrogens (tertiary/aromatic N) is 2. The van der Waals surface area contributed by atoms with E-state index in [0.717, 1.165) is 17.0 Å². The first-order valence-corrected chi connectivity index (χ1v) is 6.35. The molecule has 1 aromatic heterocycles. The molecule has 2 N–H and O–H groups in total. The van der Waals surface area contributed by atoms with Gasteiger partial charge in [0, 0.05) is 32.0 Å². The predicted molar refractivity (Wildman–Crippen MR) is 72.4 cm³/mol. The molecule has 0 radical (unpaired) electrons. The average Bonchev–Trinajstić information content (AvgIpc) is 2.60. The van der Waals surface area contributed by atoms with Gasteiger partial charge < -0.3 is 15.2 Å². The Hall–Kier alpha value is -1.89. The van der Waals surface area contributed by atoms with Crippen molar-refractivity contribution in [2.45, 2.75) is 32.8 Å². The van der Waals surface area contributed by atoms with Crippen LogP contribution in [0.3, 0.4) is 0 Å². The van der Waals surface area contributed by atoms with Crippen molar-refractivity contribution in [1.82, 2.24) is 15.1 Å². The number of methoxy groups -OCH3 is 1. The van der Waals surface area contributed by atoms with Crippen LogP contribution in [0, 0.1) is 13.8 Å². The fourth-order valence-corrected chi connectivity index (χ4v) is 1.96. The Kier molecular flexibility index (Phi) is 5.69. The molecule has 0 aliphatic heterocycles. The maximum atomic E-state index is 11.9. The van der Waals surface area contributed by atoms with Gasteiger partial charge in [-0.1, -0.05) is 0 Å². The van der Waals surface area contributed by atoms with Crippen molar-refractivity contribution < 1.29 is 19.4 Å². The Labute approximate surface area is 117 Å². The van der Waals surface area contributed by atoms with Gasteiger partial charge in [-0.25, -0.2) is 0 Å². The van der Waals surface area contributed by atoms with Crippen LogP contribution in [0.4, 0.5) is 0 Å². The summed E-state index contributed by atoms with van der Waals surface area (Å²) in [7, 11) is 3.26. The molecule has 7 nitrogen and oxygen atoms in total. The molecule has 1 unspecified atom stereocenters. The van der Waals surface area contributed by atoms with Gasteiger partial charge in [0.15, 0.2) is 0 Å². The molecule has 1 atom stereocenters. The van der Waals surface area contributed by atoms with Crippen LogP contribution in [-0.4, -0.2) is 46.5 Å². The molecule has 7 heteroatoms. The number of aromatic nitrogens is 2. The number of aryl methyl sites for hydroxylation is 2. The first-order chi connectivity index (χ1) is 9.35. The van der Waals surface area contributed by atoms with Gasteiger partial charge in [-0.05, 0) is 13.8 Å². The third-order valence-corrected chi connectivity index (χ3v) is 3.26. The lowest BCUT2D eigenvalue weighted by Crippen LogP contribution is -2.35. The van der Waals surface area contributed by atoms with E-state index in [4.69, 9.17) is 9.84 Å². The van der Waals surface area contributed by atoms with Crippen LogP contribution in [0.25, 0.3) is 0 Å². The van der Waals surface area contributed by atoms with Crippen LogP contribution >= 0.6 is 0 Å². The summed E-state index contributed by atoms with van der Waals surface area (Å²) >= 11 is 0. The third-order valence-electron chi connectivity index (χ3n) is 3.26. The standard InChI is InChI=1S/C13H21N3O4/c1-8-11(9(2)16(3)15-8)6-12(17)14-7-10(20-4)5-13(18)19/h10H,5-7H2,1-4H3,(H,14,17)(H,18,19). The maximum Gasteiger partial charge on any atom is 0.306 e. The van der Waals surface area contributed by atoms with Gasteiger partial charge in [-0.2, -0.15) is 5.10 Å². The minimum absolute atomic E-state index is 0.137. The first-order valence-electron chi connectivity index (χ1n) is 6.35. The van der Waals surface area contributed by atoms with Crippen molar-refractivity contribution in [1.29, 1.82) is 0 Å². The molecule has 1 heterocycles. The molecular weight excluding hydrogens is 262 g/mol. The Balaban J connectivity index is 2.53. The van der Waals surface area contributed by atoms with Crippen LogP contribution in [0.5, 0.6) is 0 Å². The number of carboxylic acid groups (broad SMARTS) is 1. The van der Waals surface area contributed by atoms with E-state index in [1.54, 1.807) is 4.68 Å². The summed E-state index contributed by atoms with van der Waals surface area (Å²) in [5, 5.41) is 15.6. The van der Waals surface area contributed by atoms with Crippen molar-refractivity contribution in [2.75, 3.05) is 13.7 Å². The van der Waals surface area contributed by atoms with E-state index in [-0.39, 0.29) is 25.3 Å². The summed E-state index contributed by atoms with van der Waals surface area (Å²) in [6.07, 6.45) is -0.427. The SMILES string of the molecule is COC(CNC(=O)Cc1c(C)nn(C)c1C)CC(=O)O. The van der Waals surface area contributed by atoms with Gasteiger partial charge in [0.05, 0.1) is 24.6 Å². The largest absolute Gasteiger partial charge is 0.481 e. The average molecular weight is 283 g/mol. The van der Waals surface area contributed by atoms with Gasteiger partial charge in [-0.15, -0.1) is 0 Å². The molecular formula is C13H21N3O4. The fraction of sp³-hybridized carbons (Fsp3) is 0.615. The van der Waals surface area contributed by atoms with E-state index >= 15 is 0 Å². The summed E-state index contributed by atoms with van der Waals surface area (Å²) in [5.41, 5.74) is 2.68. The van der Waals surface area contributed by atoms with Crippen LogP contribution in [0.2, 0.25) is 0 Å². The summed E-state index contributed by atoms with van der Waals surface area (Å²) in [5.74, 6) is -1.12. The zero-order valence-corrected chi connectivity index (χ0v) is 12.3. The molecule has 112 valence electrons. The molecule has 1 rings (SSSR count). The summed E-state index contributed by atoms with van der Waals surface area (Å²) in [4.78, 5) is 22.5. The Bertz CT molecular complexity index is 496. The van der Waals surface area contributed by atoms with Crippen molar-refractivity contribution in [3.63, 3.8) is 0 Å². The topological polar surface area (TPSA) is 93.5 Å². The molecule has 0 aliphatic carbocycles. The monoisotopic (exact) mass is 283 g/mol. The molecule has 0 fully saturated rings. The van der Waals surface area contributed by atoms with Gasteiger partial charge >= 0.3 is 5.97 Å². The second-order valence-corrected chi connectivity index (χ2v) is 4.71. The van der Waals surface area contributed by atoms with E-state index < -0.39 is 12.1 Å². The molecule has 0 saturated heterocycles. The number of aliphatic carboxylic acids is 1. The number of hydrogen-bond acceptors (Lipinski definition) is 4. The van der Waals surface area contributed by atoms with Crippen LogP contribution in [0.1, 0.15) is 23.4 Å². The van der Waals surface area contributed by atoms with E-state index in [9.17, 15) is 9.59 Å². The van der Waals surface area contributed by atoms with Crippen molar-refractivity contribution in [3.8, 4) is 0 Å². The lowest BCUT2D eigenvalue weighted by atomic mass is 10.1. The first kappa shape index (κ1) is 16.2. The van der Waals surface area contributed by atoms with Crippen LogP contribution < -0.4 is 5.32 Å². The van der Waals surface area contributed by atoms with E-state index in [1.165, 1.54) is 7.11 Å². The molecule has 0 aromatic carbocycles. The second kappa shape index (κ2) is 7.04. The summed E-state index contributed by atoms with van der Waals surface area (Å²) in [6, 6.07) is 0. The van der Waals surface area contributed by atoms with Gasteiger partial charge in [0.25, 0.3) is 0 Å². The number of carboxylic acids is 1. The summed E-state index contributed by atoms with van der Waals surface area (Å²) in [6.45, 7) is 3.95. The second-order valence-electron chi connectivity index (χ2n) is 4.71. The number of nitrogens with one attached hydrogen (secondary N) is 1. The zero-order valence-electron chi connectivity index (χ0n) is 12.3. The smallest absolute Gasteiger partial charge is 0.306 e. The highest BCUT2D eigenvalue weighted by atomic mass is 16.5. The highest BCUT2D eigenvalue weighted by Crippen LogP contribution is 2.12. The predicted octanol–water partition coefficient (Wildman–Crippen LogP) is 0.185. The maximum absolute atomic E-state index is 11.9. The number of rotatable bonds is 7. The van der Waals surface area contributed by atoms with Crippen LogP contribution in [0.15, 0.2) is 0 Å². The molecule has 0 aliphatic rings. The Morgan fingerprint density at radius 1 is 1.45 bits per heavy atom. The lowest BCUT2D eigenvalue weighted by Gasteiger charge is -2.14. The highest BCUT2D eigenvalue weighted by Gasteiger charge is 2.16. The molecule has 20 heavy (non-hydrogen) atoms. The number of hydrogen-bond donors (Lipinski definition) is 2. The van der Waals surface area contributed by atoms with Crippen LogP contribution in [-0.2, 0) is 27.8 Å². The quantitative estimate of drug-likeness (QED) is 0.745. The molecule has 0 saturated carbocycles. The minimum atomic E-state index is -0.954. The Morgan fingerprint density at radius 2 is 2.10 bits per heavy atom. The summed E-state index contributed by atoms with van der Waals surface area (Å²) < 4.78 is 6.74. The molecule has 1 aromatic rings. The van der Waals surface area contributed by atoms with Crippen molar-refractivity contribution in [2.24, 2.45) is 7.05 Å². The van der Waals surface area contributed by atoms with E-state index in [2.05, 4.69) is 10.4 Å². The number of carbonyl (C=O) groups is 2.